The third-order valence-electron chi connectivity index (χ3n) is 5.94. The maximum atomic E-state index is 3.95. The molecule has 2 saturated carbocycles. The number of nitrogens with one attached hydrogen (secondary N) is 1. The number of rotatable bonds is 5. The molecule has 0 amide bonds. The molecule has 2 aliphatic carbocycles. The van der Waals surface area contributed by atoms with E-state index < -0.39 is 0 Å². The van der Waals surface area contributed by atoms with Crippen LogP contribution >= 0.6 is 0 Å². The second-order valence-electron chi connectivity index (χ2n) is 8.03. The van der Waals surface area contributed by atoms with Crippen molar-refractivity contribution in [3.8, 4) is 0 Å². The summed E-state index contributed by atoms with van der Waals surface area (Å²) in [6.45, 7) is 8.80. The Kier molecular flexibility index (Phi) is 5.04. The molecule has 2 nitrogen and oxygen atoms in total. The SMILES string of the molecule is CC(C)C1CC(NCC2CCCCC2)CN(C2CC2)C1. The lowest BCUT2D eigenvalue weighted by Crippen LogP contribution is -2.51. The van der Waals surface area contributed by atoms with E-state index in [1.165, 1.54) is 71.0 Å². The molecule has 1 N–H and O–H groups in total. The molecule has 2 heteroatoms. The Morgan fingerprint density at radius 2 is 1.75 bits per heavy atom. The van der Waals surface area contributed by atoms with Crippen LogP contribution in [0.5, 0.6) is 0 Å². The molecular weight excluding hydrogens is 244 g/mol. The molecule has 3 aliphatic rings. The van der Waals surface area contributed by atoms with Gasteiger partial charge < -0.3 is 5.32 Å². The standard InChI is InChI=1S/C18H34N2/c1-14(2)16-10-17(13-20(12-16)18-8-9-18)19-11-15-6-4-3-5-7-15/h14-19H,3-13H2,1-2H3. The van der Waals surface area contributed by atoms with Gasteiger partial charge in [-0.2, -0.15) is 0 Å². The molecule has 1 aliphatic heterocycles. The Hall–Kier alpha value is -0.0800. The van der Waals surface area contributed by atoms with Gasteiger partial charge in [-0.3, -0.25) is 4.90 Å². The highest BCUT2D eigenvalue weighted by Gasteiger charge is 2.36. The number of likely N-dealkylation sites (tertiary alicyclic amines) is 1. The van der Waals surface area contributed by atoms with Gasteiger partial charge in [0.15, 0.2) is 0 Å². The molecule has 0 spiro atoms. The Morgan fingerprint density at radius 1 is 1.00 bits per heavy atom. The van der Waals surface area contributed by atoms with Crippen LogP contribution in [0.1, 0.15) is 65.2 Å². The van der Waals surface area contributed by atoms with Gasteiger partial charge in [0.05, 0.1) is 0 Å². The van der Waals surface area contributed by atoms with Crippen LogP contribution in [0, 0.1) is 17.8 Å². The molecular formula is C18H34N2. The number of nitrogens with zero attached hydrogens (tertiary/aromatic N) is 1. The molecule has 1 heterocycles. The highest BCUT2D eigenvalue weighted by atomic mass is 15.2. The summed E-state index contributed by atoms with van der Waals surface area (Å²) in [5, 5.41) is 3.95. The van der Waals surface area contributed by atoms with Crippen LogP contribution in [-0.2, 0) is 0 Å². The van der Waals surface area contributed by atoms with Crippen molar-refractivity contribution in [2.24, 2.45) is 17.8 Å². The topological polar surface area (TPSA) is 15.3 Å². The Bertz CT molecular complexity index is 282. The monoisotopic (exact) mass is 278 g/mol. The minimum absolute atomic E-state index is 0.763. The van der Waals surface area contributed by atoms with Gasteiger partial charge in [-0.25, -0.2) is 0 Å². The van der Waals surface area contributed by atoms with Gasteiger partial charge in [0.2, 0.25) is 0 Å². The number of piperidine rings is 1. The summed E-state index contributed by atoms with van der Waals surface area (Å²) in [4.78, 5) is 2.80. The first-order valence-electron chi connectivity index (χ1n) is 9.20. The molecule has 0 aromatic carbocycles. The average Bonchev–Trinajstić information content (AvgIpc) is 3.30. The minimum atomic E-state index is 0.763. The van der Waals surface area contributed by atoms with Crippen molar-refractivity contribution in [3.63, 3.8) is 0 Å². The van der Waals surface area contributed by atoms with Gasteiger partial charge in [0.1, 0.15) is 0 Å². The zero-order chi connectivity index (χ0) is 13.9. The molecule has 0 radical (unpaired) electrons. The summed E-state index contributed by atoms with van der Waals surface area (Å²) >= 11 is 0. The molecule has 0 aromatic rings. The van der Waals surface area contributed by atoms with Gasteiger partial charge in [0.25, 0.3) is 0 Å². The molecule has 20 heavy (non-hydrogen) atoms. The van der Waals surface area contributed by atoms with E-state index in [-0.39, 0.29) is 0 Å². The van der Waals surface area contributed by atoms with Crippen LogP contribution < -0.4 is 5.32 Å². The van der Waals surface area contributed by atoms with Crippen LogP contribution in [0.2, 0.25) is 0 Å². The molecule has 116 valence electrons. The van der Waals surface area contributed by atoms with Crippen molar-refractivity contribution in [1.29, 1.82) is 0 Å². The number of hydrogen-bond acceptors (Lipinski definition) is 2. The number of hydrogen-bond donors (Lipinski definition) is 1. The van der Waals surface area contributed by atoms with Crippen molar-refractivity contribution < 1.29 is 0 Å². The predicted molar refractivity (Wildman–Crippen MR) is 85.9 cm³/mol. The van der Waals surface area contributed by atoms with Crippen LogP contribution in [0.15, 0.2) is 0 Å². The van der Waals surface area contributed by atoms with Gasteiger partial charge in [0, 0.05) is 25.2 Å². The van der Waals surface area contributed by atoms with E-state index >= 15 is 0 Å². The molecule has 0 aromatic heterocycles. The first-order chi connectivity index (χ1) is 9.72. The van der Waals surface area contributed by atoms with E-state index in [4.69, 9.17) is 0 Å². The van der Waals surface area contributed by atoms with Gasteiger partial charge >= 0.3 is 0 Å². The zero-order valence-corrected chi connectivity index (χ0v) is 13.6. The van der Waals surface area contributed by atoms with E-state index in [0.717, 1.165) is 29.8 Å². The summed E-state index contributed by atoms with van der Waals surface area (Å²) in [7, 11) is 0. The minimum Gasteiger partial charge on any atom is -0.312 e. The quantitative estimate of drug-likeness (QED) is 0.825. The predicted octanol–water partition coefficient (Wildman–Crippen LogP) is 3.67. The average molecular weight is 278 g/mol. The third kappa shape index (κ3) is 3.98. The largest absolute Gasteiger partial charge is 0.312 e. The summed E-state index contributed by atoms with van der Waals surface area (Å²) in [6.07, 6.45) is 11.7. The van der Waals surface area contributed by atoms with Crippen molar-refractivity contribution in [3.05, 3.63) is 0 Å². The van der Waals surface area contributed by atoms with E-state index in [9.17, 15) is 0 Å². The van der Waals surface area contributed by atoms with Gasteiger partial charge in [-0.15, -0.1) is 0 Å². The molecule has 2 atom stereocenters. The van der Waals surface area contributed by atoms with Crippen molar-refractivity contribution in [2.45, 2.75) is 77.3 Å². The van der Waals surface area contributed by atoms with E-state index in [1.807, 2.05) is 0 Å². The first-order valence-corrected chi connectivity index (χ1v) is 9.20. The summed E-state index contributed by atoms with van der Waals surface area (Å²) < 4.78 is 0. The first kappa shape index (κ1) is 14.8. The van der Waals surface area contributed by atoms with Gasteiger partial charge in [-0.05, 0) is 56.4 Å². The zero-order valence-electron chi connectivity index (χ0n) is 13.6. The second kappa shape index (κ2) is 6.79. The van der Waals surface area contributed by atoms with E-state index in [2.05, 4.69) is 24.1 Å². The molecule has 3 fully saturated rings. The summed E-state index contributed by atoms with van der Waals surface area (Å²) in [6, 6.07) is 1.70. The maximum absolute atomic E-state index is 3.95. The highest BCUT2D eigenvalue weighted by Crippen LogP contribution is 2.33. The van der Waals surface area contributed by atoms with Crippen molar-refractivity contribution in [1.82, 2.24) is 10.2 Å². The fourth-order valence-corrected chi connectivity index (χ4v) is 4.27. The third-order valence-corrected chi connectivity index (χ3v) is 5.94. The molecule has 2 unspecified atom stereocenters. The summed E-state index contributed by atoms with van der Waals surface area (Å²) in [5.74, 6) is 2.72. The lowest BCUT2D eigenvalue weighted by molar-refractivity contribution is 0.106. The smallest absolute Gasteiger partial charge is 0.0198 e. The van der Waals surface area contributed by atoms with Gasteiger partial charge in [-0.1, -0.05) is 33.1 Å². The highest BCUT2D eigenvalue weighted by molar-refractivity contribution is 4.93. The lowest BCUT2D eigenvalue weighted by atomic mass is 9.84. The van der Waals surface area contributed by atoms with Crippen LogP contribution in [0.3, 0.4) is 0 Å². The fraction of sp³-hybridized carbons (Fsp3) is 1.00. The van der Waals surface area contributed by atoms with E-state index in [1.54, 1.807) is 0 Å². The Balaban J connectivity index is 1.48. The van der Waals surface area contributed by atoms with E-state index in [0.29, 0.717) is 0 Å². The van der Waals surface area contributed by atoms with Crippen LogP contribution in [0.25, 0.3) is 0 Å². The fourth-order valence-electron chi connectivity index (χ4n) is 4.27. The maximum Gasteiger partial charge on any atom is 0.0198 e. The molecule has 0 bridgehead atoms. The Morgan fingerprint density at radius 3 is 2.40 bits per heavy atom. The molecule has 1 saturated heterocycles. The van der Waals surface area contributed by atoms with Crippen LogP contribution in [-0.4, -0.2) is 36.6 Å². The Labute approximate surface area is 125 Å². The van der Waals surface area contributed by atoms with Crippen molar-refractivity contribution in [2.75, 3.05) is 19.6 Å². The second-order valence-corrected chi connectivity index (χ2v) is 8.03. The summed E-state index contributed by atoms with van der Waals surface area (Å²) in [5.41, 5.74) is 0. The normalized spacial score (nSPS) is 33.8. The molecule has 3 rings (SSSR count). The lowest BCUT2D eigenvalue weighted by Gasteiger charge is -2.40. The van der Waals surface area contributed by atoms with Crippen molar-refractivity contribution >= 4 is 0 Å². The van der Waals surface area contributed by atoms with Crippen LogP contribution in [0.4, 0.5) is 0 Å².